The average Bonchev–Trinajstić information content (AvgIpc) is 2.40. The molecule has 106 valence electrons. The van der Waals surface area contributed by atoms with E-state index in [9.17, 15) is 4.57 Å². The Kier molecular flexibility index (Phi) is 8.14. The van der Waals surface area contributed by atoms with Gasteiger partial charge in [-0.05, 0) is 29.2 Å². The van der Waals surface area contributed by atoms with E-state index in [0.29, 0.717) is 30.9 Å². The van der Waals surface area contributed by atoms with Crippen molar-refractivity contribution in [1.29, 1.82) is 0 Å². The molecule has 0 fully saturated rings. The summed E-state index contributed by atoms with van der Waals surface area (Å²) < 4.78 is 16.6. The molecule has 1 aromatic rings. The summed E-state index contributed by atoms with van der Waals surface area (Å²) in [5.41, 5.74) is 9.12. The summed E-state index contributed by atoms with van der Waals surface area (Å²) in [5.74, 6) is 0. The molecule has 0 spiro atoms. The first kappa shape index (κ1) is 16.5. The number of nitrogens with two attached hydrogens (primary N) is 1. The van der Waals surface area contributed by atoms with Crippen molar-refractivity contribution < 1.29 is 13.9 Å². The van der Waals surface area contributed by atoms with Gasteiger partial charge >= 0.3 is 8.03 Å². The van der Waals surface area contributed by atoms with Crippen LogP contribution in [0.15, 0.2) is 24.3 Å². The van der Waals surface area contributed by atoms with Crippen molar-refractivity contribution in [1.82, 2.24) is 5.48 Å². The van der Waals surface area contributed by atoms with E-state index in [0.717, 1.165) is 5.56 Å². The molecule has 0 aliphatic carbocycles. The van der Waals surface area contributed by atoms with Crippen molar-refractivity contribution in [3.8, 4) is 0 Å². The van der Waals surface area contributed by atoms with E-state index in [2.05, 4.69) is 5.48 Å². The molecule has 0 bridgehead atoms. The fourth-order valence-corrected chi connectivity index (χ4v) is 2.21. The molecule has 0 radical (unpaired) electrons. The highest BCUT2D eigenvalue weighted by molar-refractivity contribution is 7.39. The zero-order valence-corrected chi connectivity index (χ0v) is 12.5. The number of hydrogen-bond acceptors (Lipinski definition) is 5. The molecule has 0 saturated carbocycles. The van der Waals surface area contributed by atoms with E-state index >= 15 is 0 Å². The highest BCUT2D eigenvalue weighted by Gasteiger charge is 2.20. The van der Waals surface area contributed by atoms with Gasteiger partial charge in [-0.25, -0.2) is 0 Å². The van der Waals surface area contributed by atoms with Gasteiger partial charge in [-0.3, -0.25) is 4.84 Å². The molecule has 0 aromatic heterocycles. The molecular weight excluding hydrogens is 287 g/mol. The van der Waals surface area contributed by atoms with Crippen LogP contribution in [0.5, 0.6) is 0 Å². The quantitative estimate of drug-likeness (QED) is 0.416. The maximum absolute atomic E-state index is 11.4. The zero-order valence-electron chi connectivity index (χ0n) is 10.8. The summed E-state index contributed by atoms with van der Waals surface area (Å²) in [5, 5.41) is 0.694. The first-order chi connectivity index (χ1) is 9.11. The Hall–Kier alpha value is -0.550. The second-order valence-corrected chi connectivity index (χ2v) is 5.78. The molecule has 1 aromatic carbocycles. The number of hydrogen-bond donors (Lipinski definition) is 2. The van der Waals surface area contributed by atoms with Gasteiger partial charge in [0.15, 0.2) is 6.16 Å². The van der Waals surface area contributed by atoms with Crippen molar-refractivity contribution >= 4 is 19.6 Å². The second-order valence-electron chi connectivity index (χ2n) is 4.02. The third-order valence-electron chi connectivity index (χ3n) is 2.28. The lowest BCUT2D eigenvalue weighted by atomic mass is 10.2. The van der Waals surface area contributed by atoms with Gasteiger partial charge in [0.1, 0.15) is 6.10 Å². The van der Waals surface area contributed by atoms with Crippen molar-refractivity contribution in [2.45, 2.75) is 19.6 Å². The first-order valence-corrected chi connectivity index (χ1v) is 7.76. The number of rotatable bonds is 9. The zero-order chi connectivity index (χ0) is 14.1. The van der Waals surface area contributed by atoms with Gasteiger partial charge in [-0.2, -0.15) is 5.48 Å². The normalized spacial score (nSPS) is 13.3. The van der Waals surface area contributed by atoms with Crippen LogP contribution in [0.3, 0.4) is 0 Å². The fraction of sp³-hybridized carbons (Fsp3) is 0.500. The monoisotopic (exact) mass is 305 g/mol. The van der Waals surface area contributed by atoms with Crippen LogP contribution >= 0.6 is 19.6 Å². The van der Waals surface area contributed by atoms with Gasteiger partial charge in [0.2, 0.25) is 0 Å². The molecule has 19 heavy (non-hydrogen) atoms. The summed E-state index contributed by atoms with van der Waals surface area (Å²) in [6.07, 6.45) is 0.207. The van der Waals surface area contributed by atoms with Crippen LogP contribution in [0.4, 0.5) is 0 Å². The second kappa shape index (κ2) is 9.37. The summed E-state index contributed by atoms with van der Waals surface area (Å²) in [7, 11) is -1.69. The SMILES string of the molecule is CC(CN)O[P+](=O)CCNOCc1ccc(Cl)cc1. The van der Waals surface area contributed by atoms with Crippen LogP contribution in [-0.2, 0) is 20.5 Å². The van der Waals surface area contributed by atoms with Crippen LogP contribution in [0.2, 0.25) is 5.02 Å². The molecule has 2 atom stereocenters. The van der Waals surface area contributed by atoms with Gasteiger partial charge in [0.05, 0.1) is 13.2 Å². The van der Waals surface area contributed by atoms with Gasteiger partial charge in [-0.1, -0.05) is 23.7 Å². The molecular formula is C12H19ClN2O3P+. The van der Waals surface area contributed by atoms with Crippen molar-refractivity contribution in [3.05, 3.63) is 34.9 Å². The Morgan fingerprint density at radius 2 is 2.11 bits per heavy atom. The highest BCUT2D eigenvalue weighted by Crippen LogP contribution is 2.22. The van der Waals surface area contributed by atoms with E-state index in [1.807, 2.05) is 12.1 Å². The van der Waals surface area contributed by atoms with Gasteiger partial charge in [0, 0.05) is 11.6 Å². The number of hydroxylamine groups is 1. The molecule has 2 unspecified atom stereocenters. The van der Waals surface area contributed by atoms with Crippen molar-refractivity contribution in [2.24, 2.45) is 5.73 Å². The topological polar surface area (TPSA) is 73.6 Å². The van der Waals surface area contributed by atoms with Crippen molar-refractivity contribution in [3.63, 3.8) is 0 Å². The van der Waals surface area contributed by atoms with E-state index < -0.39 is 8.03 Å². The minimum Gasteiger partial charge on any atom is -0.328 e. The van der Waals surface area contributed by atoms with E-state index in [-0.39, 0.29) is 6.10 Å². The molecule has 3 N–H and O–H groups in total. The van der Waals surface area contributed by atoms with E-state index in [4.69, 9.17) is 26.7 Å². The molecule has 7 heteroatoms. The Morgan fingerprint density at radius 3 is 2.74 bits per heavy atom. The van der Waals surface area contributed by atoms with Crippen LogP contribution in [0, 0.1) is 0 Å². The third kappa shape index (κ3) is 7.57. The van der Waals surface area contributed by atoms with Crippen LogP contribution in [0.1, 0.15) is 12.5 Å². The minimum atomic E-state index is -1.69. The maximum Gasteiger partial charge on any atom is 0.509 e. The molecule has 0 aliphatic heterocycles. The Morgan fingerprint density at radius 1 is 1.42 bits per heavy atom. The molecule has 0 aliphatic rings. The predicted molar refractivity (Wildman–Crippen MR) is 76.3 cm³/mol. The molecule has 0 saturated heterocycles. The van der Waals surface area contributed by atoms with Gasteiger partial charge in [-0.15, -0.1) is 4.52 Å². The molecule has 0 amide bonds. The van der Waals surface area contributed by atoms with E-state index in [1.54, 1.807) is 19.1 Å². The Labute approximate surface area is 119 Å². The van der Waals surface area contributed by atoms with Gasteiger partial charge in [0.25, 0.3) is 0 Å². The number of nitrogens with one attached hydrogen (secondary N) is 1. The van der Waals surface area contributed by atoms with Gasteiger partial charge < -0.3 is 5.73 Å². The summed E-state index contributed by atoms with van der Waals surface area (Å²) in [4.78, 5) is 5.24. The Bertz CT molecular complexity index is 389. The summed E-state index contributed by atoms with van der Waals surface area (Å²) >= 11 is 5.77. The highest BCUT2D eigenvalue weighted by atomic mass is 35.5. The first-order valence-electron chi connectivity index (χ1n) is 6.02. The molecule has 5 nitrogen and oxygen atoms in total. The van der Waals surface area contributed by atoms with Crippen LogP contribution in [0.25, 0.3) is 0 Å². The smallest absolute Gasteiger partial charge is 0.328 e. The standard InChI is InChI=1S/C12H19ClN2O3P/c1-10(8-14)18-19(16)7-6-15-17-9-11-2-4-12(13)5-3-11/h2-5,10,15H,6-9,14H2,1H3/q+1. The molecule has 0 heterocycles. The predicted octanol–water partition coefficient (Wildman–Crippen LogP) is 2.47. The Balaban J connectivity index is 2.08. The summed E-state index contributed by atoms with van der Waals surface area (Å²) in [6.45, 7) is 3.04. The van der Waals surface area contributed by atoms with Crippen LogP contribution in [-0.4, -0.2) is 25.4 Å². The van der Waals surface area contributed by atoms with Crippen LogP contribution < -0.4 is 11.2 Å². The number of benzene rings is 1. The summed E-state index contributed by atoms with van der Waals surface area (Å²) in [6, 6.07) is 7.38. The van der Waals surface area contributed by atoms with E-state index in [1.165, 1.54) is 0 Å². The maximum atomic E-state index is 11.4. The molecule has 1 rings (SSSR count). The number of halogens is 1. The minimum absolute atomic E-state index is 0.182. The average molecular weight is 306 g/mol. The fourth-order valence-electron chi connectivity index (χ4n) is 1.22. The lowest BCUT2D eigenvalue weighted by Gasteiger charge is -2.04. The largest absolute Gasteiger partial charge is 0.509 e. The van der Waals surface area contributed by atoms with Crippen molar-refractivity contribution in [2.75, 3.05) is 19.3 Å². The lowest BCUT2D eigenvalue weighted by molar-refractivity contribution is 0.0314. The lowest BCUT2D eigenvalue weighted by Crippen LogP contribution is -2.20. The third-order valence-corrected chi connectivity index (χ3v) is 3.72.